The number of nitrogens with two attached hydrogens (primary N) is 15. The molecule has 126 heavy (non-hydrogen) atoms. The van der Waals surface area contributed by atoms with Crippen molar-refractivity contribution in [3.05, 3.63) is 251 Å². The van der Waals surface area contributed by atoms with Gasteiger partial charge in [0.25, 0.3) is 0 Å². The maximum absolute atomic E-state index is 11.7. The molecule has 7 amide bonds. The van der Waals surface area contributed by atoms with Crippen molar-refractivity contribution in [3.63, 3.8) is 0 Å². The van der Waals surface area contributed by atoms with Gasteiger partial charge in [-0.15, -0.1) is 0 Å². The topological polar surface area (TPSA) is 547 Å². The lowest BCUT2D eigenvalue weighted by Gasteiger charge is -2.33. The molecule has 6 unspecified atom stereocenters. The Morgan fingerprint density at radius 1 is 0.317 bits per heavy atom. The first-order valence-electron chi connectivity index (χ1n) is 42.5. The van der Waals surface area contributed by atoms with E-state index in [-0.39, 0.29) is 43.0 Å². The summed E-state index contributed by atoms with van der Waals surface area (Å²) in [6, 6.07) is 63.3. The number of carboxylic acids is 1. The highest BCUT2D eigenvalue weighted by atomic mass is 16.4. The predicted octanol–water partition coefficient (Wildman–Crippen LogP) is 18.6. The highest BCUT2D eigenvalue weighted by Crippen LogP contribution is 2.31. The van der Waals surface area contributed by atoms with Gasteiger partial charge in [0.2, 0.25) is 41.4 Å². The Balaban J connectivity index is -0.000000102. The molecule has 0 heterocycles. The van der Waals surface area contributed by atoms with Crippen LogP contribution in [0, 0.1) is 5.92 Å². The zero-order valence-corrected chi connectivity index (χ0v) is 78.3. The van der Waals surface area contributed by atoms with E-state index in [9.17, 15) is 38.4 Å². The number of carbonyl (C=O) groups is 8. The zero-order valence-electron chi connectivity index (χ0n) is 78.3. The van der Waals surface area contributed by atoms with Crippen molar-refractivity contribution in [1.29, 1.82) is 0 Å². The standard InChI is InChI=1S/C15H16N2O.C10H14N2O.C9H18N2O.2C9H12N2O.C9H11NO2.C8H10N2O.C5H12N2O.7C3H8.C2H6.5CH4/c16-14(18)15(17,13-9-5-2-6-10-13)11-12-7-3-1-4-8-12;1-2-10(12,9(11)13)8-6-4-3-5-7-8;3*1-9(11,8(10)12)7-5-3-2-4-6-7;1-9(10,8(11)12)7-5-3-2-4-6-7;9-7(8(10)11)6-4-2-1-3-5-6;1-3-5(2,7)4(6)8;7*1-3-2;1-2;;;;;/h1-10H,11,17H2,(H2,16,18);3-7H,2,12H2,1H3,(H2,11,13);7H,2-6,11H2,1H3,(H2,10,12);2*2-6H,11H2,1H3,(H2,10,12);2-6H,10H2,1H3,(H,11,12);1-5,7H,9H2,(H2,10,11);3,7H2,1-2H3,(H2,6,8);7*3H2,1-2H3;1-2H3;5*1H4/t;10-;;9-;;;;;;;;;;;;;;;;;/m.0.0................./s1. The number of primary amides is 7. The molecular formula is C102H187N15O9. The summed E-state index contributed by atoms with van der Waals surface area (Å²) in [6.07, 6.45) is 16.0. The quantitative estimate of drug-likeness (QED) is 0.0357. The summed E-state index contributed by atoms with van der Waals surface area (Å²) in [7, 11) is 0. The van der Waals surface area contributed by atoms with Crippen LogP contribution in [0.3, 0.4) is 0 Å². The molecule has 7 aromatic rings. The van der Waals surface area contributed by atoms with E-state index in [4.69, 9.17) is 91.1 Å². The Morgan fingerprint density at radius 2 is 0.548 bits per heavy atom. The summed E-state index contributed by atoms with van der Waals surface area (Å²) in [6.45, 7) is 45.5. The fourth-order valence-electron chi connectivity index (χ4n) is 8.90. The van der Waals surface area contributed by atoms with Crippen LogP contribution in [0.4, 0.5) is 0 Å². The summed E-state index contributed by atoms with van der Waals surface area (Å²) < 4.78 is 0. The summed E-state index contributed by atoms with van der Waals surface area (Å²) in [5.74, 6) is -4.08. The smallest absolute Gasteiger partial charge is 0.328 e. The van der Waals surface area contributed by atoms with E-state index in [0.717, 1.165) is 46.2 Å². The molecule has 1 fully saturated rings. The molecule has 8 atom stereocenters. The minimum Gasteiger partial charge on any atom is -0.480 e. The predicted molar refractivity (Wildman–Crippen MR) is 543 cm³/mol. The van der Waals surface area contributed by atoms with Gasteiger partial charge in [-0.05, 0) is 105 Å². The van der Waals surface area contributed by atoms with Gasteiger partial charge < -0.3 is 91.1 Å². The summed E-state index contributed by atoms with van der Waals surface area (Å²) in [4.78, 5) is 87.4. The van der Waals surface area contributed by atoms with Gasteiger partial charge in [0.1, 0.15) is 33.7 Å². The highest BCUT2D eigenvalue weighted by Gasteiger charge is 2.37. The molecule has 0 radical (unpaired) electrons. The number of carboxylic acid groups (broad SMARTS) is 1. The number of aliphatic carboxylic acids is 1. The fraction of sp³-hybridized carbons (Fsp3) is 0.510. The van der Waals surface area contributed by atoms with E-state index >= 15 is 0 Å². The molecule has 7 aromatic carbocycles. The molecule has 24 nitrogen and oxygen atoms in total. The average molecular weight is 1770 g/mol. The van der Waals surface area contributed by atoms with E-state index in [0.29, 0.717) is 30.7 Å². The van der Waals surface area contributed by atoms with Crippen LogP contribution in [-0.2, 0) is 72.5 Å². The summed E-state index contributed by atoms with van der Waals surface area (Å²) in [5.41, 5.74) is 80.1. The molecule has 31 N–H and O–H groups in total. The van der Waals surface area contributed by atoms with Crippen LogP contribution < -0.4 is 86.0 Å². The maximum Gasteiger partial charge on any atom is 0.328 e. The van der Waals surface area contributed by atoms with Crippen LogP contribution in [0.2, 0.25) is 0 Å². The van der Waals surface area contributed by atoms with E-state index in [1.807, 2.05) is 179 Å². The molecule has 0 saturated heterocycles. The van der Waals surface area contributed by atoms with E-state index in [2.05, 4.69) is 96.9 Å². The SMILES string of the molecule is C.C.C.C.C.CC.CC(N)(C(=O)O)c1ccccc1.CC(N)(C(N)=O)C1CCCCC1.CC(N)(C(N)=O)c1ccccc1.CCC.CCC.CCC.CCC.CCC.CCC.CCC.CCC(C)(N)C(N)=O.CC[C@@](N)(C(N)=O)c1ccccc1.C[C@@](N)(C(N)=O)c1ccccc1.NC(=O)C(N)(Cc1ccccc1)c1ccccc1.NC(=O)C(N)c1ccccc1. The van der Waals surface area contributed by atoms with Gasteiger partial charge >= 0.3 is 5.97 Å². The minimum absolute atomic E-state index is 0. The Morgan fingerprint density at radius 3 is 0.746 bits per heavy atom. The van der Waals surface area contributed by atoms with Crippen molar-refractivity contribution in [1.82, 2.24) is 0 Å². The van der Waals surface area contributed by atoms with Crippen LogP contribution in [0.15, 0.2) is 212 Å². The van der Waals surface area contributed by atoms with Crippen molar-refractivity contribution in [2.45, 2.75) is 338 Å². The number of amides is 7. The first-order chi connectivity index (χ1) is 56.5. The third-order valence-electron chi connectivity index (χ3n) is 16.7. The second kappa shape index (κ2) is 84.5. The second-order valence-electron chi connectivity index (χ2n) is 29.5. The van der Waals surface area contributed by atoms with Crippen molar-refractivity contribution >= 4 is 47.3 Å². The molecule has 24 heteroatoms. The molecular weight excluding hydrogens is 1580 g/mol. The maximum atomic E-state index is 11.7. The number of rotatable bonds is 19. The Hall–Kier alpha value is -10.0. The van der Waals surface area contributed by atoms with Gasteiger partial charge in [-0.2, -0.15) is 0 Å². The van der Waals surface area contributed by atoms with Gasteiger partial charge in [0.05, 0.1) is 11.1 Å². The number of hydrogen-bond acceptors (Lipinski definition) is 16. The minimum atomic E-state index is -1.29. The Kier molecular flexibility index (Phi) is 96.9. The monoisotopic (exact) mass is 1770 g/mol. The molecule has 1 aliphatic carbocycles. The first kappa shape index (κ1) is 145. The molecule has 8 rings (SSSR count). The van der Waals surface area contributed by atoms with Crippen LogP contribution in [0.25, 0.3) is 0 Å². The molecule has 0 bridgehead atoms. The Labute approximate surface area is 767 Å². The molecule has 0 aromatic heterocycles. The van der Waals surface area contributed by atoms with Crippen molar-refractivity contribution < 1.29 is 43.5 Å². The van der Waals surface area contributed by atoms with Crippen molar-refractivity contribution in [2.24, 2.45) is 91.9 Å². The fourth-order valence-corrected chi connectivity index (χ4v) is 8.90. The summed E-state index contributed by atoms with van der Waals surface area (Å²) >= 11 is 0. The number of carbonyl (C=O) groups excluding carboxylic acids is 7. The first-order valence-corrected chi connectivity index (χ1v) is 42.5. The third-order valence-corrected chi connectivity index (χ3v) is 16.7. The van der Waals surface area contributed by atoms with Gasteiger partial charge in [-0.3, -0.25) is 33.6 Å². The van der Waals surface area contributed by atoms with Gasteiger partial charge in [0.15, 0.2) is 0 Å². The molecule has 0 aliphatic heterocycles. The van der Waals surface area contributed by atoms with E-state index in [1.165, 1.54) is 71.1 Å². The van der Waals surface area contributed by atoms with Gasteiger partial charge in [0, 0.05) is 6.42 Å². The average Bonchev–Trinajstić information content (AvgIpc) is 0.805. The molecule has 1 saturated carbocycles. The lowest BCUT2D eigenvalue weighted by Crippen LogP contribution is -2.55. The molecule has 1 aliphatic rings. The van der Waals surface area contributed by atoms with E-state index in [1.54, 1.807) is 88.4 Å². The van der Waals surface area contributed by atoms with Gasteiger partial charge in [-0.1, -0.05) is 438 Å². The van der Waals surface area contributed by atoms with E-state index < -0.39 is 86.2 Å². The van der Waals surface area contributed by atoms with Crippen LogP contribution in [0.5, 0.6) is 0 Å². The lowest BCUT2D eigenvalue weighted by molar-refractivity contribution is -0.143. The van der Waals surface area contributed by atoms with Gasteiger partial charge in [-0.25, -0.2) is 4.79 Å². The van der Waals surface area contributed by atoms with Crippen LogP contribution in [-0.4, -0.2) is 63.5 Å². The lowest BCUT2D eigenvalue weighted by atomic mass is 9.76. The third kappa shape index (κ3) is 63.8. The molecule has 724 valence electrons. The summed E-state index contributed by atoms with van der Waals surface area (Å²) in [5, 5.41) is 8.77. The van der Waals surface area contributed by atoms with Crippen molar-refractivity contribution in [3.8, 4) is 0 Å². The normalized spacial score (nSPS) is 13.5. The number of benzene rings is 7. The Bertz CT molecular complexity index is 3520. The van der Waals surface area contributed by atoms with Crippen LogP contribution in [0.1, 0.15) is 331 Å². The van der Waals surface area contributed by atoms with Crippen LogP contribution >= 0.6 is 0 Å². The molecule has 0 spiro atoms. The highest BCUT2D eigenvalue weighted by molar-refractivity contribution is 5.88. The van der Waals surface area contributed by atoms with Crippen molar-refractivity contribution in [2.75, 3.05) is 0 Å². The largest absolute Gasteiger partial charge is 0.480 e. The second-order valence-corrected chi connectivity index (χ2v) is 29.5. The number of hydrogen-bond donors (Lipinski definition) is 16. The zero-order chi connectivity index (χ0) is 95.7.